The van der Waals surface area contributed by atoms with Crippen molar-refractivity contribution in [3.63, 3.8) is 0 Å². The van der Waals surface area contributed by atoms with E-state index in [1.165, 1.54) is 12.1 Å². The lowest BCUT2D eigenvalue weighted by Crippen LogP contribution is -2.49. The predicted octanol–water partition coefficient (Wildman–Crippen LogP) is 3.38. The Morgan fingerprint density at radius 1 is 1.23 bits per heavy atom. The van der Waals surface area contributed by atoms with E-state index >= 15 is 0 Å². The van der Waals surface area contributed by atoms with Gasteiger partial charge in [0.05, 0.1) is 34.9 Å². The van der Waals surface area contributed by atoms with Crippen LogP contribution in [0.2, 0.25) is 0 Å². The van der Waals surface area contributed by atoms with Crippen molar-refractivity contribution in [1.82, 2.24) is 0 Å². The minimum atomic E-state index is -0.386. The normalized spacial score (nSPS) is 23.5. The zero-order valence-electron chi connectivity index (χ0n) is 14.6. The molecule has 26 heavy (non-hydrogen) atoms. The second-order valence-electron chi connectivity index (χ2n) is 6.43. The van der Waals surface area contributed by atoms with Crippen LogP contribution >= 0.6 is 0 Å². The van der Waals surface area contributed by atoms with Gasteiger partial charge in [-0.2, -0.15) is 0 Å². The number of hydrogen-bond acceptors (Lipinski definition) is 6. The largest absolute Gasteiger partial charge is 0.481 e. The minimum absolute atomic E-state index is 0.0351. The predicted molar refractivity (Wildman–Crippen MR) is 101 cm³/mol. The number of likely N-dealkylation sites (N-methyl/N-ethyl adjacent to an activating group) is 1. The fraction of sp³-hybridized carbons (Fsp3) is 0.316. The van der Waals surface area contributed by atoms with Crippen LogP contribution in [0.25, 0.3) is 0 Å². The highest BCUT2D eigenvalue weighted by Gasteiger charge is 2.46. The number of non-ortho nitro benzene ring substituents is 1. The summed E-state index contributed by atoms with van der Waals surface area (Å²) in [4.78, 5) is 17.6. The van der Waals surface area contributed by atoms with E-state index in [9.17, 15) is 10.1 Å². The van der Waals surface area contributed by atoms with Crippen LogP contribution in [0, 0.1) is 10.1 Å². The van der Waals surface area contributed by atoms with Crippen LogP contribution in [-0.2, 0) is 4.74 Å². The van der Waals surface area contributed by atoms with Crippen LogP contribution < -0.4 is 10.2 Å². The van der Waals surface area contributed by atoms with Crippen molar-refractivity contribution >= 4 is 23.0 Å². The van der Waals surface area contributed by atoms with Gasteiger partial charge in [-0.25, -0.2) is 4.99 Å². The Balaban J connectivity index is 1.74. The summed E-state index contributed by atoms with van der Waals surface area (Å²) in [5.74, 6) is 0.579. The fourth-order valence-electron chi connectivity index (χ4n) is 3.82. The first-order chi connectivity index (χ1) is 12.6. The first-order valence-corrected chi connectivity index (χ1v) is 8.63. The zero-order valence-corrected chi connectivity index (χ0v) is 14.6. The third-order valence-corrected chi connectivity index (χ3v) is 4.99. The summed E-state index contributed by atoms with van der Waals surface area (Å²) in [7, 11) is 2.06. The van der Waals surface area contributed by atoms with Crippen LogP contribution in [0.4, 0.5) is 17.1 Å². The molecule has 3 atom stereocenters. The highest BCUT2D eigenvalue weighted by molar-refractivity contribution is 5.90. The molecular weight excluding hydrogens is 332 g/mol. The first kappa shape index (κ1) is 16.4. The number of ether oxygens (including phenoxy) is 1. The molecular formula is C19H20N4O3. The molecule has 2 aliphatic heterocycles. The molecule has 4 rings (SSSR count). The molecule has 0 unspecified atom stereocenters. The number of nitrogens with zero attached hydrogens (tertiary/aromatic N) is 3. The summed E-state index contributed by atoms with van der Waals surface area (Å²) in [6.45, 7) is 2.46. The van der Waals surface area contributed by atoms with Gasteiger partial charge in [0, 0.05) is 19.2 Å². The molecule has 2 aromatic rings. The van der Waals surface area contributed by atoms with Crippen molar-refractivity contribution in [2.45, 2.75) is 25.0 Å². The van der Waals surface area contributed by atoms with Gasteiger partial charge in [-0.15, -0.1) is 0 Å². The number of nitro benzene ring substituents is 1. The maximum Gasteiger partial charge on any atom is 0.269 e. The quantitative estimate of drug-likeness (QED) is 0.676. The molecule has 2 heterocycles. The number of nitrogens with one attached hydrogen (secondary N) is 1. The van der Waals surface area contributed by atoms with Crippen LogP contribution in [0.3, 0.4) is 0 Å². The summed E-state index contributed by atoms with van der Waals surface area (Å²) in [5.41, 5.74) is 3.19. The van der Waals surface area contributed by atoms with Gasteiger partial charge in [0.15, 0.2) is 5.90 Å². The Kier molecular flexibility index (Phi) is 3.99. The van der Waals surface area contributed by atoms with Gasteiger partial charge in [0.1, 0.15) is 6.17 Å². The molecule has 0 aromatic heterocycles. The average molecular weight is 352 g/mol. The SMILES string of the molecule is CCOC1=N[C@H]2Nc3ccccc3N(C)[C@@H]2[C@@H]1c1ccc([N+](=O)[O-])cc1. The third kappa shape index (κ3) is 2.56. The molecule has 2 aliphatic rings. The molecule has 0 aliphatic carbocycles. The maximum absolute atomic E-state index is 11.0. The van der Waals surface area contributed by atoms with Gasteiger partial charge < -0.3 is 15.0 Å². The number of para-hydroxylation sites is 2. The molecule has 0 spiro atoms. The number of hydrogen-bond donors (Lipinski definition) is 1. The first-order valence-electron chi connectivity index (χ1n) is 8.63. The maximum atomic E-state index is 11.0. The number of aliphatic imine (C=N–C) groups is 1. The summed E-state index contributed by atoms with van der Waals surface area (Å²) in [5, 5.41) is 14.4. The van der Waals surface area contributed by atoms with Crippen molar-refractivity contribution < 1.29 is 9.66 Å². The molecule has 1 N–H and O–H groups in total. The van der Waals surface area contributed by atoms with Gasteiger partial charge in [0.2, 0.25) is 0 Å². The molecule has 0 saturated heterocycles. The lowest BCUT2D eigenvalue weighted by Gasteiger charge is -2.40. The monoisotopic (exact) mass is 352 g/mol. The molecule has 7 nitrogen and oxygen atoms in total. The van der Waals surface area contributed by atoms with Crippen molar-refractivity contribution in [3.05, 3.63) is 64.2 Å². The van der Waals surface area contributed by atoms with Crippen molar-refractivity contribution in [2.24, 2.45) is 4.99 Å². The van der Waals surface area contributed by atoms with E-state index in [1.54, 1.807) is 12.1 Å². The molecule has 134 valence electrons. The molecule has 7 heteroatoms. The number of rotatable bonds is 3. The van der Waals surface area contributed by atoms with Gasteiger partial charge in [-0.1, -0.05) is 24.3 Å². The number of benzene rings is 2. The average Bonchev–Trinajstić information content (AvgIpc) is 3.00. The second-order valence-corrected chi connectivity index (χ2v) is 6.43. The van der Waals surface area contributed by atoms with Crippen LogP contribution in [-0.4, -0.2) is 36.7 Å². The highest BCUT2D eigenvalue weighted by Crippen LogP contribution is 2.42. The van der Waals surface area contributed by atoms with Gasteiger partial charge >= 0.3 is 0 Å². The fourth-order valence-corrected chi connectivity index (χ4v) is 3.82. The summed E-state index contributed by atoms with van der Waals surface area (Å²) in [6, 6.07) is 14.8. The molecule has 2 aromatic carbocycles. The molecule has 0 radical (unpaired) electrons. The Labute approximate surface area is 151 Å². The highest BCUT2D eigenvalue weighted by atomic mass is 16.6. The van der Waals surface area contributed by atoms with E-state index in [0.717, 1.165) is 16.9 Å². The smallest absolute Gasteiger partial charge is 0.269 e. The van der Waals surface area contributed by atoms with Crippen LogP contribution in [0.5, 0.6) is 0 Å². The van der Waals surface area contributed by atoms with Crippen molar-refractivity contribution in [2.75, 3.05) is 23.9 Å². The molecule has 0 fully saturated rings. The van der Waals surface area contributed by atoms with E-state index in [-0.39, 0.29) is 28.7 Å². The van der Waals surface area contributed by atoms with Gasteiger partial charge in [0.25, 0.3) is 5.69 Å². The van der Waals surface area contributed by atoms with E-state index in [4.69, 9.17) is 9.73 Å². The number of fused-ring (bicyclic) bond motifs is 2. The molecule has 0 saturated carbocycles. The number of anilines is 2. The van der Waals surface area contributed by atoms with Crippen molar-refractivity contribution in [3.8, 4) is 0 Å². The zero-order chi connectivity index (χ0) is 18.3. The Morgan fingerprint density at radius 2 is 1.96 bits per heavy atom. The van der Waals surface area contributed by atoms with Gasteiger partial charge in [-0.3, -0.25) is 10.1 Å². The Bertz CT molecular complexity index is 865. The molecule has 0 bridgehead atoms. The summed E-state index contributed by atoms with van der Waals surface area (Å²) >= 11 is 0. The summed E-state index contributed by atoms with van der Waals surface area (Å²) < 4.78 is 5.84. The van der Waals surface area contributed by atoms with Crippen LogP contribution in [0.15, 0.2) is 53.5 Å². The van der Waals surface area contributed by atoms with E-state index in [1.807, 2.05) is 25.1 Å². The lowest BCUT2D eigenvalue weighted by atomic mass is 9.89. The third-order valence-electron chi connectivity index (χ3n) is 4.99. The Morgan fingerprint density at radius 3 is 2.65 bits per heavy atom. The topological polar surface area (TPSA) is 80.0 Å². The van der Waals surface area contributed by atoms with E-state index < -0.39 is 0 Å². The molecule has 0 amide bonds. The minimum Gasteiger partial charge on any atom is -0.481 e. The van der Waals surface area contributed by atoms with Gasteiger partial charge in [-0.05, 0) is 24.6 Å². The van der Waals surface area contributed by atoms with Crippen LogP contribution in [0.1, 0.15) is 18.4 Å². The number of nitro groups is 1. The van der Waals surface area contributed by atoms with Crippen molar-refractivity contribution in [1.29, 1.82) is 0 Å². The lowest BCUT2D eigenvalue weighted by molar-refractivity contribution is -0.384. The Hall–Kier alpha value is -3.09. The summed E-state index contributed by atoms with van der Waals surface area (Å²) in [6.07, 6.45) is -0.128. The van der Waals surface area contributed by atoms with E-state index in [2.05, 4.69) is 23.3 Å². The second kappa shape index (κ2) is 6.33. The standard InChI is InChI=1S/C19H20N4O3/c1-3-26-19-16(12-8-10-13(11-9-12)23(24)25)17-18(21-19)20-14-6-4-5-7-15(14)22(17)2/h4-11,16-18,20H,3H2,1-2H3/t16-,17+,18+/m0/s1. The van der Waals surface area contributed by atoms with E-state index in [0.29, 0.717) is 12.5 Å².